The van der Waals surface area contributed by atoms with E-state index in [0.29, 0.717) is 61.0 Å². The standard InChI is InChI=1S/C43H47ClFN5O4/c1-28-34(5-3-8-39(28)52-18-4-15-50-16-13-32(45)14-17-50)35-6-2-7-37-36(35)10-11-40(37)54-42-21-41(53-27-30-19-29(22-46)23-47-24-30)31(20-38(42)44)25-48-26-33-9-12-43(51)49-33/h2-3,5-8,19-21,23-24,32-33,40,48H,4,9-18,25-27H2,1H3,(H,49,51)/t33-,40+/m1/s1. The third-order valence-electron chi connectivity index (χ3n) is 10.7. The van der Waals surface area contributed by atoms with Crippen molar-refractivity contribution in [1.82, 2.24) is 20.5 Å². The number of likely N-dealkylation sites (tertiary alicyclic amines) is 1. The molecule has 282 valence electrons. The topological polar surface area (TPSA) is 109 Å². The summed E-state index contributed by atoms with van der Waals surface area (Å²) in [6.45, 7) is 6.63. The molecule has 0 saturated carbocycles. The van der Waals surface area contributed by atoms with Gasteiger partial charge >= 0.3 is 0 Å². The molecule has 3 heterocycles. The number of alkyl halides is 1. The van der Waals surface area contributed by atoms with Gasteiger partial charge in [0, 0.05) is 74.8 Å². The number of nitrogens with one attached hydrogen (secondary N) is 2. The molecule has 2 fully saturated rings. The lowest BCUT2D eigenvalue weighted by molar-refractivity contribution is -0.119. The average Bonchev–Trinajstić information content (AvgIpc) is 3.80. The van der Waals surface area contributed by atoms with Crippen LogP contribution < -0.4 is 24.8 Å². The number of hydrogen-bond acceptors (Lipinski definition) is 8. The summed E-state index contributed by atoms with van der Waals surface area (Å²) in [4.78, 5) is 18.2. The second kappa shape index (κ2) is 17.6. The van der Waals surface area contributed by atoms with Crippen LogP contribution in [0, 0.1) is 18.3 Å². The molecule has 2 N–H and O–H groups in total. The van der Waals surface area contributed by atoms with Gasteiger partial charge in [0.1, 0.15) is 42.2 Å². The van der Waals surface area contributed by atoms with Crippen molar-refractivity contribution in [2.24, 2.45) is 0 Å². The lowest BCUT2D eigenvalue weighted by Gasteiger charge is -2.28. The van der Waals surface area contributed by atoms with Crippen LogP contribution in [0.2, 0.25) is 5.02 Å². The Bertz CT molecular complexity index is 2000. The van der Waals surface area contributed by atoms with Gasteiger partial charge in [0.25, 0.3) is 0 Å². The number of pyridine rings is 1. The van der Waals surface area contributed by atoms with Crippen molar-refractivity contribution in [2.45, 2.75) is 83.3 Å². The van der Waals surface area contributed by atoms with Crippen LogP contribution in [0.15, 0.2) is 67.0 Å². The lowest BCUT2D eigenvalue weighted by Crippen LogP contribution is -2.35. The Morgan fingerprint density at radius 1 is 1.00 bits per heavy atom. The van der Waals surface area contributed by atoms with Crippen LogP contribution in [0.25, 0.3) is 11.1 Å². The first kappa shape index (κ1) is 37.6. The Hall–Kier alpha value is -4.69. The summed E-state index contributed by atoms with van der Waals surface area (Å²) in [5.41, 5.74) is 7.92. The van der Waals surface area contributed by atoms with Crippen molar-refractivity contribution < 1.29 is 23.4 Å². The van der Waals surface area contributed by atoms with Gasteiger partial charge in [-0.25, -0.2) is 4.39 Å². The molecule has 2 atom stereocenters. The summed E-state index contributed by atoms with van der Waals surface area (Å²) in [5.74, 6) is 2.11. The van der Waals surface area contributed by atoms with Gasteiger partial charge in [-0.1, -0.05) is 41.9 Å². The smallest absolute Gasteiger partial charge is 0.220 e. The van der Waals surface area contributed by atoms with Crippen LogP contribution in [-0.4, -0.2) is 60.8 Å². The van der Waals surface area contributed by atoms with E-state index in [-0.39, 0.29) is 24.7 Å². The molecular formula is C43H47ClFN5O4. The minimum absolute atomic E-state index is 0.0802. The predicted molar refractivity (Wildman–Crippen MR) is 207 cm³/mol. The molecule has 2 saturated heterocycles. The Kier molecular flexibility index (Phi) is 12.3. The molecule has 0 radical (unpaired) electrons. The number of rotatable bonds is 15. The number of fused-ring (bicyclic) bond motifs is 1. The van der Waals surface area contributed by atoms with Crippen LogP contribution in [0.5, 0.6) is 17.2 Å². The largest absolute Gasteiger partial charge is 0.493 e. The number of amides is 1. The Balaban J connectivity index is 1.05. The van der Waals surface area contributed by atoms with Crippen molar-refractivity contribution in [1.29, 1.82) is 5.26 Å². The molecule has 0 spiro atoms. The molecule has 11 heteroatoms. The van der Waals surface area contributed by atoms with Crippen LogP contribution >= 0.6 is 11.6 Å². The third-order valence-corrected chi connectivity index (χ3v) is 11.0. The van der Waals surface area contributed by atoms with Gasteiger partial charge in [-0.05, 0) is 91.5 Å². The molecule has 2 aliphatic heterocycles. The molecule has 1 amide bonds. The summed E-state index contributed by atoms with van der Waals surface area (Å²) < 4.78 is 32.8. The highest BCUT2D eigenvalue weighted by Crippen LogP contribution is 2.44. The second-order valence-corrected chi connectivity index (χ2v) is 14.9. The highest BCUT2D eigenvalue weighted by molar-refractivity contribution is 6.32. The maximum Gasteiger partial charge on any atom is 0.220 e. The first-order chi connectivity index (χ1) is 26.3. The minimum atomic E-state index is -0.654. The van der Waals surface area contributed by atoms with Crippen molar-refractivity contribution in [2.75, 3.05) is 32.8 Å². The van der Waals surface area contributed by atoms with Gasteiger partial charge in [0.2, 0.25) is 5.91 Å². The maximum atomic E-state index is 13.5. The van der Waals surface area contributed by atoms with Crippen molar-refractivity contribution >= 4 is 17.5 Å². The zero-order chi connectivity index (χ0) is 37.4. The fraction of sp³-hybridized carbons (Fsp3) is 0.419. The highest BCUT2D eigenvalue weighted by atomic mass is 35.5. The number of carbonyl (C=O) groups is 1. The molecule has 4 aromatic rings. The van der Waals surface area contributed by atoms with Crippen molar-refractivity contribution in [3.05, 3.63) is 105 Å². The molecule has 1 aromatic heterocycles. The van der Waals surface area contributed by atoms with Gasteiger partial charge in [0.05, 0.1) is 17.2 Å². The molecule has 3 aliphatic rings. The first-order valence-corrected chi connectivity index (χ1v) is 19.4. The fourth-order valence-corrected chi connectivity index (χ4v) is 7.97. The molecule has 3 aromatic carbocycles. The van der Waals surface area contributed by atoms with Gasteiger partial charge < -0.3 is 29.7 Å². The van der Waals surface area contributed by atoms with Gasteiger partial charge in [0.15, 0.2) is 0 Å². The summed E-state index contributed by atoms with van der Waals surface area (Å²) >= 11 is 6.91. The quantitative estimate of drug-likeness (QED) is 0.119. The van der Waals surface area contributed by atoms with E-state index in [4.69, 9.17) is 25.8 Å². The van der Waals surface area contributed by atoms with E-state index >= 15 is 0 Å². The summed E-state index contributed by atoms with van der Waals surface area (Å²) in [5, 5.41) is 16.3. The fourth-order valence-electron chi connectivity index (χ4n) is 7.74. The molecule has 9 nitrogen and oxygen atoms in total. The van der Waals surface area contributed by atoms with Gasteiger partial charge in [-0.3, -0.25) is 9.78 Å². The number of ether oxygens (including phenoxy) is 3. The van der Waals surface area contributed by atoms with Crippen molar-refractivity contribution in [3.63, 3.8) is 0 Å². The SMILES string of the molecule is Cc1c(OCCCN2CCC(F)CC2)cccc1-c1cccc2c1CC[C@@H]2Oc1cc(OCc2cncc(C#N)c2)c(CNC[C@H]2CCC(=O)N2)cc1Cl. The molecular weight excluding hydrogens is 705 g/mol. The Labute approximate surface area is 321 Å². The molecule has 1 aliphatic carbocycles. The van der Waals surface area contributed by atoms with Gasteiger partial charge in [-0.15, -0.1) is 0 Å². The molecule has 0 bridgehead atoms. The van der Waals surface area contributed by atoms with E-state index in [9.17, 15) is 14.4 Å². The van der Waals surface area contributed by atoms with E-state index in [1.807, 2.05) is 18.2 Å². The van der Waals surface area contributed by atoms with E-state index in [2.05, 4.69) is 63.8 Å². The second-order valence-electron chi connectivity index (χ2n) is 14.5. The Morgan fingerprint density at radius 2 is 1.83 bits per heavy atom. The molecule has 54 heavy (non-hydrogen) atoms. The maximum absolute atomic E-state index is 13.5. The zero-order valence-corrected chi connectivity index (χ0v) is 31.5. The minimum Gasteiger partial charge on any atom is -0.493 e. The van der Waals surface area contributed by atoms with Crippen LogP contribution in [0.3, 0.4) is 0 Å². The predicted octanol–water partition coefficient (Wildman–Crippen LogP) is 7.80. The first-order valence-electron chi connectivity index (χ1n) is 19.0. The van der Waals surface area contributed by atoms with E-state index in [1.54, 1.807) is 12.3 Å². The summed E-state index contributed by atoms with van der Waals surface area (Å²) in [7, 11) is 0. The number of aromatic nitrogens is 1. The molecule has 7 rings (SSSR count). The number of piperidine rings is 1. The lowest BCUT2D eigenvalue weighted by atomic mass is 9.93. The molecule has 0 unspecified atom stereocenters. The normalized spacial score (nSPS) is 18.6. The van der Waals surface area contributed by atoms with Crippen LogP contribution in [0.4, 0.5) is 4.39 Å². The highest BCUT2D eigenvalue weighted by Gasteiger charge is 2.29. The number of carbonyl (C=O) groups excluding carboxylic acids is 1. The number of benzene rings is 3. The monoisotopic (exact) mass is 751 g/mol. The number of hydrogen-bond donors (Lipinski definition) is 2. The Morgan fingerprint density at radius 3 is 2.65 bits per heavy atom. The van der Waals surface area contributed by atoms with Crippen LogP contribution in [-0.2, 0) is 24.4 Å². The van der Waals surface area contributed by atoms with Gasteiger partial charge in [-0.2, -0.15) is 5.26 Å². The summed E-state index contributed by atoms with van der Waals surface area (Å²) in [6, 6.07) is 20.4. The third kappa shape index (κ3) is 9.15. The average molecular weight is 752 g/mol. The van der Waals surface area contributed by atoms with E-state index < -0.39 is 6.17 Å². The number of halogens is 2. The zero-order valence-electron chi connectivity index (χ0n) is 30.7. The number of nitrogens with zero attached hydrogens (tertiary/aromatic N) is 3. The number of nitriles is 1. The van der Waals surface area contributed by atoms with Crippen LogP contribution in [0.1, 0.15) is 78.0 Å². The van der Waals surface area contributed by atoms with E-state index in [1.165, 1.54) is 17.3 Å². The summed E-state index contributed by atoms with van der Waals surface area (Å²) in [6.07, 6.45) is 7.53. The van der Waals surface area contributed by atoms with E-state index in [0.717, 1.165) is 78.9 Å². The van der Waals surface area contributed by atoms with Crippen molar-refractivity contribution in [3.8, 4) is 34.4 Å².